The van der Waals surface area contributed by atoms with E-state index < -0.39 is 0 Å². The van der Waals surface area contributed by atoms with Gasteiger partial charge in [-0.3, -0.25) is 4.79 Å². The Labute approximate surface area is 184 Å². The lowest BCUT2D eigenvalue weighted by Gasteiger charge is -2.28. The van der Waals surface area contributed by atoms with Gasteiger partial charge in [-0.25, -0.2) is 4.98 Å². The molecule has 0 radical (unpaired) electrons. The monoisotopic (exact) mass is 472 g/mol. The van der Waals surface area contributed by atoms with Crippen LogP contribution in [0, 0.1) is 6.92 Å². The molecule has 0 aliphatic carbocycles. The zero-order chi connectivity index (χ0) is 20.8. The predicted octanol–water partition coefficient (Wildman–Crippen LogP) is 6.23. The highest BCUT2D eigenvalue weighted by atomic mass is 79.9. The van der Waals surface area contributed by atoms with E-state index in [0.29, 0.717) is 18.7 Å². The van der Waals surface area contributed by atoms with Crippen LogP contribution in [0.1, 0.15) is 46.9 Å². The molecule has 1 amide bonds. The molecule has 3 aromatic rings. The molecule has 0 aliphatic heterocycles. The number of benzene rings is 2. The maximum atomic E-state index is 13.1. The summed E-state index contributed by atoms with van der Waals surface area (Å²) in [7, 11) is 0. The molecule has 0 saturated heterocycles. The number of rotatable bonds is 8. The fraction of sp³-hybridized carbons (Fsp3) is 0.304. The van der Waals surface area contributed by atoms with Crippen LogP contribution in [-0.4, -0.2) is 21.8 Å². The average molecular weight is 473 g/mol. The summed E-state index contributed by atoms with van der Waals surface area (Å²) in [4.78, 5) is 19.7. The quantitative estimate of drug-likeness (QED) is 0.389. The minimum Gasteiger partial charge on any atom is -0.486 e. The first-order chi connectivity index (χ1) is 14.0. The zero-order valence-corrected chi connectivity index (χ0v) is 19.3. The molecule has 4 nitrogen and oxygen atoms in total. The standard InChI is InChI=1S/C23H25BrN2O2S/c1-4-17(3)26(23(27)18-8-6-9-19(24)12-18)13-20-15-29-22(25-20)14-28-21-10-5-7-16(2)11-21/h5-12,15,17H,4,13-14H2,1-3H3. The normalized spacial score (nSPS) is 11.9. The number of aromatic nitrogens is 1. The van der Waals surface area contributed by atoms with Crippen molar-refractivity contribution in [3.8, 4) is 5.75 Å². The summed E-state index contributed by atoms with van der Waals surface area (Å²) in [5.74, 6) is 0.860. The van der Waals surface area contributed by atoms with Crippen molar-refractivity contribution in [2.24, 2.45) is 0 Å². The van der Waals surface area contributed by atoms with Gasteiger partial charge in [0.15, 0.2) is 0 Å². The topological polar surface area (TPSA) is 42.4 Å². The minimum absolute atomic E-state index is 0.0196. The highest BCUT2D eigenvalue weighted by molar-refractivity contribution is 9.10. The summed E-state index contributed by atoms with van der Waals surface area (Å²) >= 11 is 5.01. The molecule has 0 saturated carbocycles. The van der Waals surface area contributed by atoms with Crippen LogP contribution >= 0.6 is 27.3 Å². The van der Waals surface area contributed by atoms with E-state index in [0.717, 1.165) is 32.9 Å². The molecule has 0 N–H and O–H groups in total. The van der Waals surface area contributed by atoms with Crippen LogP contribution in [0.2, 0.25) is 0 Å². The van der Waals surface area contributed by atoms with Crippen molar-refractivity contribution in [3.63, 3.8) is 0 Å². The Hall–Kier alpha value is -2.18. The van der Waals surface area contributed by atoms with Crippen molar-refractivity contribution in [2.75, 3.05) is 0 Å². The van der Waals surface area contributed by atoms with Crippen molar-refractivity contribution in [2.45, 2.75) is 46.4 Å². The molecule has 0 fully saturated rings. The van der Waals surface area contributed by atoms with Crippen LogP contribution in [0.3, 0.4) is 0 Å². The lowest BCUT2D eigenvalue weighted by Crippen LogP contribution is -2.37. The first kappa shape index (κ1) is 21.5. The third-order valence-corrected chi connectivity index (χ3v) is 6.10. The van der Waals surface area contributed by atoms with Gasteiger partial charge in [0, 0.05) is 21.5 Å². The van der Waals surface area contributed by atoms with Gasteiger partial charge in [0.2, 0.25) is 0 Å². The number of ether oxygens (including phenoxy) is 1. The molecular formula is C23H25BrN2O2S. The minimum atomic E-state index is 0.0196. The van der Waals surface area contributed by atoms with Crippen molar-refractivity contribution in [1.82, 2.24) is 9.88 Å². The van der Waals surface area contributed by atoms with Gasteiger partial charge in [0.1, 0.15) is 17.4 Å². The number of amides is 1. The van der Waals surface area contributed by atoms with E-state index in [-0.39, 0.29) is 11.9 Å². The molecule has 1 atom stereocenters. The van der Waals surface area contributed by atoms with Gasteiger partial charge in [0.05, 0.1) is 12.2 Å². The number of carbonyl (C=O) groups excluding carboxylic acids is 1. The lowest BCUT2D eigenvalue weighted by molar-refractivity contribution is 0.0669. The molecule has 0 aliphatic rings. The summed E-state index contributed by atoms with van der Waals surface area (Å²) in [5, 5.41) is 2.92. The molecule has 29 heavy (non-hydrogen) atoms. The zero-order valence-electron chi connectivity index (χ0n) is 16.9. The summed E-state index contributed by atoms with van der Waals surface area (Å²) in [5.41, 5.74) is 2.73. The number of thiazole rings is 1. The smallest absolute Gasteiger partial charge is 0.254 e. The molecular weight excluding hydrogens is 448 g/mol. The predicted molar refractivity (Wildman–Crippen MR) is 121 cm³/mol. The summed E-state index contributed by atoms with van der Waals surface area (Å²) in [6.45, 7) is 7.12. The van der Waals surface area contributed by atoms with E-state index in [1.165, 1.54) is 0 Å². The average Bonchev–Trinajstić information content (AvgIpc) is 3.17. The van der Waals surface area contributed by atoms with Crippen molar-refractivity contribution in [1.29, 1.82) is 0 Å². The Morgan fingerprint density at radius 2 is 2.03 bits per heavy atom. The van der Waals surface area contributed by atoms with Gasteiger partial charge >= 0.3 is 0 Å². The van der Waals surface area contributed by atoms with Gasteiger partial charge in [-0.2, -0.15) is 0 Å². The van der Waals surface area contributed by atoms with E-state index >= 15 is 0 Å². The summed E-state index contributed by atoms with van der Waals surface area (Å²) < 4.78 is 6.75. The number of aryl methyl sites for hydroxylation is 1. The van der Waals surface area contributed by atoms with E-state index in [4.69, 9.17) is 4.74 Å². The largest absolute Gasteiger partial charge is 0.486 e. The van der Waals surface area contributed by atoms with E-state index in [2.05, 4.69) is 34.8 Å². The van der Waals surface area contributed by atoms with Crippen LogP contribution in [0.5, 0.6) is 5.75 Å². The van der Waals surface area contributed by atoms with E-state index in [1.807, 2.05) is 65.7 Å². The third kappa shape index (κ3) is 5.90. The van der Waals surface area contributed by atoms with Crippen molar-refractivity contribution >= 4 is 33.2 Å². The summed E-state index contributed by atoms with van der Waals surface area (Å²) in [6.07, 6.45) is 0.882. The van der Waals surface area contributed by atoms with E-state index in [1.54, 1.807) is 11.3 Å². The molecule has 1 heterocycles. The molecule has 152 valence electrons. The van der Waals surface area contributed by atoms with Crippen LogP contribution < -0.4 is 4.74 Å². The van der Waals surface area contributed by atoms with Crippen molar-refractivity contribution in [3.05, 3.63) is 80.2 Å². The van der Waals surface area contributed by atoms with Crippen LogP contribution in [0.4, 0.5) is 0 Å². The summed E-state index contributed by atoms with van der Waals surface area (Å²) in [6, 6.07) is 15.6. The molecule has 1 unspecified atom stereocenters. The number of carbonyl (C=O) groups is 1. The highest BCUT2D eigenvalue weighted by Gasteiger charge is 2.22. The van der Waals surface area contributed by atoms with Gasteiger partial charge in [0.25, 0.3) is 5.91 Å². The second-order valence-corrected chi connectivity index (χ2v) is 8.90. The molecule has 0 bridgehead atoms. The van der Waals surface area contributed by atoms with Gasteiger partial charge < -0.3 is 9.64 Å². The SMILES string of the molecule is CCC(C)N(Cc1csc(COc2cccc(C)c2)n1)C(=O)c1cccc(Br)c1. The molecule has 2 aromatic carbocycles. The van der Waals surface area contributed by atoms with Crippen LogP contribution in [0.15, 0.2) is 58.4 Å². The first-order valence-corrected chi connectivity index (χ1v) is 11.3. The van der Waals surface area contributed by atoms with Gasteiger partial charge in [-0.1, -0.05) is 41.1 Å². The molecule has 6 heteroatoms. The lowest BCUT2D eigenvalue weighted by atomic mass is 10.1. The number of hydrogen-bond acceptors (Lipinski definition) is 4. The molecule has 3 rings (SSSR count). The number of nitrogens with zero attached hydrogens (tertiary/aromatic N) is 2. The Morgan fingerprint density at radius 1 is 1.24 bits per heavy atom. The first-order valence-electron chi connectivity index (χ1n) is 9.65. The second-order valence-electron chi connectivity index (χ2n) is 7.04. The maximum absolute atomic E-state index is 13.1. The third-order valence-electron chi connectivity index (χ3n) is 4.74. The van der Waals surface area contributed by atoms with Crippen LogP contribution in [0.25, 0.3) is 0 Å². The van der Waals surface area contributed by atoms with E-state index in [9.17, 15) is 4.79 Å². The Bertz CT molecular complexity index is 973. The highest BCUT2D eigenvalue weighted by Crippen LogP contribution is 2.21. The Balaban J connectivity index is 1.69. The van der Waals surface area contributed by atoms with Gasteiger partial charge in [-0.05, 0) is 56.2 Å². The maximum Gasteiger partial charge on any atom is 0.254 e. The van der Waals surface area contributed by atoms with Gasteiger partial charge in [-0.15, -0.1) is 11.3 Å². The number of halogens is 1. The molecule has 1 aromatic heterocycles. The Kier molecular flexibility index (Phi) is 7.45. The fourth-order valence-corrected chi connectivity index (χ4v) is 4.04. The second kappa shape index (κ2) is 10.0. The van der Waals surface area contributed by atoms with Crippen molar-refractivity contribution < 1.29 is 9.53 Å². The van der Waals surface area contributed by atoms with Crippen LogP contribution in [-0.2, 0) is 13.2 Å². The Morgan fingerprint density at radius 3 is 2.76 bits per heavy atom. The fourth-order valence-electron chi connectivity index (χ4n) is 2.95. The number of hydrogen-bond donors (Lipinski definition) is 0. The molecule has 0 spiro atoms.